The lowest BCUT2D eigenvalue weighted by Gasteiger charge is -2.30. The van der Waals surface area contributed by atoms with Gasteiger partial charge in [-0.05, 0) is 72.6 Å². The number of carbonyl (C=O) groups excluding carboxylic acids is 3. The van der Waals surface area contributed by atoms with Crippen LogP contribution in [0.15, 0.2) is 48.7 Å². The number of fused-ring (bicyclic) bond motifs is 3. The molecule has 296 valence electrons. The zero-order valence-electron chi connectivity index (χ0n) is 32.6. The Morgan fingerprint density at radius 3 is 2.30 bits per heavy atom. The lowest BCUT2D eigenvalue weighted by atomic mass is 9.89. The third kappa shape index (κ3) is 7.87. The van der Waals surface area contributed by atoms with E-state index in [-0.39, 0.29) is 41.7 Å². The summed E-state index contributed by atoms with van der Waals surface area (Å²) < 4.78 is 4.76. The number of aromatic amines is 2. The fourth-order valence-corrected chi connectivity index (χ4v) is 8.57. The van der Waals surface area contributed by atoms with E-state index in [1.165, 1.54) is 12.7 Å². The molecule has 2 aromatic carbocycles. The summed E-state index contributed by atoms with van der Waals surface area (Å²) in [5.41, 5.74) is 8.54. The number of imidazole rings is 2. The summed E-state index contributed by atoms with van der Waals surface area (Å²) in [5.74, 6) is 0.916. The molecule has 2 aliphatic carbocycles. The summed E-state index contributed by atoms with van der Waals surface area (Å²) in [4.78, 5) is 68.6. The largest absolute Gasteiger partial charge is 0.465 e. The van der Waals surface area contributed by atoms with Gasteiger partial charge in [0.05, 0.1) is 36.4 Å². The molecule has 4 aromatic rings. The van der Waals surface area contributed by atoms with Crippen molar-refractivity contribution < 1.29 is 29.0 Å². The number of alkyl carbamates (subject to hydrolysis) is 1. The van der Waals surface area contributed by atoms with Gasteiger partial charge in [-0.25, -0.2) is 19.6 Å². The van der Waals surface area contributed by atoms with Crippen LogP contribution in [0.2, 0.25) is 0 Å². The summed E-state index contributed by atoms with van der Waals surface area (Å²) >= 11 is 0. The van der Waals surface area contributed by atoms with E-state index in [9.17, 15) is 24.3 Å². The van der Waals surface area contributed by atoms with Gasteiger partial charge in [-0.3, -0.25) is 9.59 Å². The summed E-state index contributed by atoms with van der Waals surface area (Å²) in [6.07, 6.45) is 5.97. The van der Waals surface area contributed by atoms with Gasteiger partial charge in [0.1, 0.15) is 23.7 Å². The Kier molecular flexibility index (Phi) is 11.2. The Labute approximate surface area is 326 Å². The van der Waals surface area contributed by atoms with E-state index >= 15 is 0 Å². The van der Waals surface area contributed by atoms with Gasteiger partial charge < -0.3 is 40.7 Å². The van der Waals surface area contributed by atoms with Gasteiger partial charge in [0.25, 0.3) is 0 Å². The number of nitrogens with zero attached hydrogens (tertiary/aromatic N) is 3. The van der Waals surface area contributed by atoms with Crippen LogP contribution in [0.5, 0.6) is 0 Å². The molecule has 1 saturated carbocycles. The number of benzene rings is 2. The third-order valence-corrected chi connectivity index (χ3v) is 11.6. The predicted molar refractivity (Wildman–Crippen MR) is 211 cm³/mol. The molecule has 7 rings (SSSR count). The van der Waals surface area contributed by atoms with Gasteiger partial charge in [0.15, 0.2) is 0 Å². The molecule has 14 nitrogen and oxygen atoms in total. The molecule has 0 unspecified atom stereocenters. The van der Waals surface area contributed by atoms with E-state index in [0.717, 1.165) is 95.9 Å². The van der Waals surface area contributed by atoms with Gasteiger partial charge in [-0.1, -0.05) is 76.6 Å². The van der Waals surface area contributed by atoms with Crippen LogP contribution in [-0.2, 0) is 27.2 Å². The number of amides is 4. The number of hydrogen-bond donors (Lipinski definition) is 6. The SMILES string of the molecule is COC(=O)N[C@H](C(=O)N1CCC[C@H]1c1ncc(-c2ccc(-c3ccc4c(c3)CCc3nc([C@H]5CCC[C@@H]5NC(=O)[C@@H](NC(=O)O)C(C)C)[nH]c3-4)cc2)[nH]1)C(C)C. The monoisotopic (exact) mass is 764 g/mol. The van der Waals surface area contributed by atoms with Crippen LogP contribution in [0.3, 0.4) is 0 Å². The van der Waals surface area contributed by atoms with Crippen LogP contribution in [0, 0.1) is 11.8 Å². The average molecular weight is 765 g/mol. The molecule has 0 spiro atoms. The first-order valence-corrected chi connectivity index (χ1v) is 19.7. The van der Waals surface area contributed by atoms with E-state index in [1.807, 2.05) is 38.8 Å². The summed E-state index contributed by atoms with van der Waals surface area (Å²) in [6, 6.07) is 13.1. The van der Waals surface area contributed by atoms with Crippen molar-refractivity contribution in [3.8, 4) is 33.6 Å². The average Bonchev–Trinajstić information content (AvgIpc) is 4.01. The second-order valence-electron chi connectivity index (χ2n) is 15.9. The van der Waals surface area contributed by atoms with Gasteiger partial charge in [0.2, 0.25) is 11.8 Å². The second kappa shape index (κ2) is 16.2. The molecule has 56 heavy (non-hydrogen) atoms. The highest BCUT2D eigenvalue weighted by molar-refractivity contribution is 5.87. The highest BCUT2D eigenvalue weighted by atomic mass is 16.5. The first-order chi connectivity index (χ1) is 26.9. The standard InChI is InChI=1S/C42H52N8O6/c1-22(2)34(48-41(53)54)39(51)46-30-9-6-8-29(30)37-44-31-18-16-27-20-26(15-17-28(27)36(31)47-37)24-11-13-25(14-12-24)32-21-43-38(45-32)33-10-7-19-50(33)40(52)35(23(3)4)49-42(55)56-5/h11-15,17,20-23,29-30,33-35,48H,6-10,16,18-19H2,1-5H3,(H,43,45)(H,44,47)(H,46,51)(H,49,55)(H,53,54)/t29-,30-,33-,34-,35-/m0/s1. The molecule has 2 fully saturated rings. The van der Waals surface area contributed by atoms with Gasteiger partial charge in [-0.2, -0.15) is 0 Å². The molecule has 6 N–H and O–H groups in total. The van der Waals surface area contributed by atoms with Crippen molar-refractivity contribution in [3.05, 3.63) is 71.6 Å². The molecule has 5 atom stereocenters. The Balaban J connectivity index is 1.03. The number of aryl methyl sites for hydroxylation is 2. The Bertz CT molecular complexity index is 2090. The van der Waals surface area contributed by atoms with E-state index in [4.69, 9.17) is 14.7 Å². The van der Waals surface area contributed by atoms with Crippen molar-refractivity contribution in [3.63, 3.8) is 0 Å². The molecule has 0 radical (unpaired) electrons. The molecule has 2 aromatic heterocycles. The molecule has 14 heteroatoms. The van der Waals surface area contributed by atoms with Crippen molar-refractivity contribution in [2.75, 3.05) is 13.7 Å². The zero-order chi connectivity index (χ0) is 39.7. The maximum atomic E-state index is 13.6. The number of hydrogen-bond acceptors (Lipinski definition) is 7. The summed E-state index contributed by atoms with van der Waals surface area (Å²) in [6.45, 7) is 8.06. The second-order valence-corrected chi connectivity index (χ2v) is 15.9. The highest BCUT2D eigenvalue weighted by Gasteiger charge is 2.38. The smallest absolute Gasteiger partial charge is 0.407 e. The Morgan fingerprint density at radius 2 is 1.59 bits per heavy atom. The van der Waals surface area contributed by atoms with Crippen LogP contribution in [0.4, 0.5) is 9.59 Å². The maximum Gasteiger partial charge on any atom is 0.407 e. The van der Waals surface area contributed by atoms with Crippen molar-refractivity contribution >= 4 is 24.0 Å². The van der Waals surface area contributed by atoms with Crippen molar-refractivity contribution in [2.24, 2.45) is 11.8 Å². The molecule has 0 bridgehead atoms. The minimum atomic E-state index is -1.21. The van der Waals surface area contributed by atoms with E-state index in [1.54, 1.807) is 0 Å². The van der Waals surface area contributed by atoms with Gasteiger partial charge in [-0.15, -0.1) is 0 Å². The fourth-order valence-electron chi connectivity index (χ4n) is 8.57. The van der Waals surface area contributed by atoms with Crippen LogP contribution in [0.1, 0.15) is 94.7 Å². The van der Waals surface area contributed by atoms with Crippen molar-refractivity contribution in [2.45, 2.75) is 103 Å². The van der Waals surface area contributed by atoms with Crippen LogP contribution < -0.4 is 16.0 Å². The number of carbonyl (C=O) groups is 4. The summed E-state index contributed by atoms with van der Waals surface area (Å²) in [7, 11) is 1.29. The van der Waals surface area contributed by atoms with Crippen LogP contribution in [0.25, 0.3) is 33.6 Å². The molecular weight excluding hydrogens is 713 g/mol. The van der Waals surface area contributed by atoms with Gasteiger partial charge >= 0.3 is 12.2 Å². The highest BCUT2D eigenvalue weighted by Crippen LogP contribution is 2.40. The number of aromatic nitrogens is 4. The first-order valence-electron chi connectivity index (χ1n) is 19.7. The molecule has 1 saturated heterocycles. The summed E-state index contributed by atoms with van der Waals surface area (Å²) in [5, 5.41) is 17.4. The number of ether oxygens (including phenoxy) is 1. The topological polar surface area (TPSA) is 194 Å². The third-order valence-electron chi connectivity index (χ3n) is 11.6. The van der Waals surface area contributed by atoms with E-state index in [2.05, 4.69) is 68.4 Å². The number of methoxy groups -OCH3 is 1. The van der Waals surface area contributed by atoms with Crippen LogP contribution >= 0.6 is 0 Å². The molecule has 4 amide bonds. The maximum absolute atomic E-state index is 13.6. The lowest BCUT2D eigenvalue weighted by Crippen LogP contribution is -2.52. The number of nitrogens with one attached hydrogen (secondary N) is 5. The lowest BCUT2D eigenvalue weighted by molar-refractivity contribution is -0.135. The zero-order valence-corrected chi connectivity index (χ0v) is 32.6. The van der Waals surface area contributed by atoms with E-state index < -0.39 is 24.3 Å². The number of rotatable bonds is 11. The normalized spacial score (nSPS) is 20.0. The van der Waals surface area contributed by atoms with Gasteiger partial charge in [0, 0.05) is 24.1 Å². The Hall–Kier alpha value is -5.66. The fraction of sp³-hybridized carbons (Fsp3) is 0.476. The number of likely N-dealkylation sites (tertiary alicyclic amines) is 1. The predicted octanol–water partition coefficient (Wildman–Crippen LogP) is 6.32. The quantitative estimate of drug-likeness (QED) is 0.102. The molecule has 3 heterocycles. The Morgan fingerprint density at radius 1 is 0.857 bits per heavy atom. The minimum Gasteiger partial charge on any atom is -0.465 e. The molecular formula is C42H52N8O6. The van der Waals surface area contributed by atoms with Crippen molar-refractivity contribution in [1.29, 1.82) is 0 Å². The van der Waals surface area contributed by atoms with Crippen LogP contribution in [-0.4, -0.2) is 85.7 Å². The minimum absolute atomic E-state index is 0.0292. The van der Waals surface area contributed by atoms with Crippen molar-refractivity contribution in [1.82, 2.24) is 40.8 Å². The first kappa shape index (κ1) is 38.6. The molecule has 1 aliphatic heterocycles. The van der Waals surface area contributed by atoms with E-state index in [0.29, 0.717) is 6.54 Å². The molecule has 3 aliphatic rings. The number of H-pyrrole nitrogens is 2. The number of carboxylic acid groups (broad SMARTS) is 1.